The van der Waals surface area contributed by atoms with Crippen molar-refractivity contribution in [2.45, 2.75) is 91.1 Å². The Kier molecular flexibility index (Phi) is 8.41. The first-order valence-electron chi connectivity index (χ1n) is 11.9. The first-order valence-corrected chi connectivity index (χ1v) is 14.8. The van der Waals surface area contributed by atoms with Crippen LogP contribution in [-0.2, 0) is 15.8 Å². The van der Waals surface area contributed by atoms with E-state index in [9.17, 15) is 5.11 Å². The lowest BCUT2D eigenvalue weighted by Gasteiger charge is -2.55. The topological polar surface area (TPSA) is 38.7 Å². The molecule has 0 saturated heterocycles. The van der Waals surface area contributed by atoms with Crippen LogP contribution in [0.1, 0.15) is 66.4 Å². The molecule has 1 aliphatic carbocycles. The summed E-state index contributed by atoms with van der Waals surface area (Å²) in [6.45, 7) is 24.1. The van der Waals surface area contributed by atoms with Gasteiger partial charge in [0.2, 0.25) is 0 Å². The van der Waals surface area contributed by atoms with Crippen molar-refractivity contribution >= 4 is 8.32 Å². The highest BCUT2D eigenvalue weighted by Gasteiger charge is 2.54. The van der Waals surface area contributed by atoms with Gasteiger partial charge >= 0.3 is 0 Å². The predicted molar refractivity (Wildman–Crippen MR) is 134 cm³/mol. The molecule has 0 heterocycles. The van der Waals surface area contributed by atoms with E-state index in [1.54, 1.807) is 0 Å². The SMILES string of the molecule is C=C(C)[C@]1(O)CC[C@H](C)[C@@](C)(CCOCc2ccccc2)[C@H]1CO[Si](C)(C)C(C)(C)C. The van der Waals surface area contributed by atoms with Gasteiger partial charge in [0.25, 0.3) is 0 Å². The van der Waals surface area contributed by atoms with Crippen LogP contribution in [0.25, 0.3) is 0 Å². The Morgan fingerprint density at radius 3 is 2.39 bits per heavy atom. The summed E-state index contributed by atoms with van der Waals surface area (Å²) in [5, 5.41) is 11.9. The highest BCUT2D eigenvalue weighted by molar-refractivity contribution is 6.74. The van der Waals surface area contributed by atoms with E-state index < -0.39 is 13.9 Å². The maximum atomic E-state index is 11.8. The van der Waals surface area contributed by atoms with Gasteiger partial charge in [0.15, 0.2) is 8.32 Å². The quantitative estimate of drug-likeness (QED) is 0.253. The van der Waals surface area contributed by atoms with Gasteiger partial charge in [-0.2, -0.15) is 0 Å². The van der Waals surface area contributed by atoms with Crippen molar-refractivity contribution in [2.75, 3.05) is 13.2 Å². The highest BCUT2D eigenvalue weighted by atomic mass is 28.4. The molecular weight excluding hydrogens is 400 g/mol. The third-order valence-electron chi connectivity index (χ3n) is 8.51. The summed E-state index contributed by atoms with van der Waals surface area (Å²) in [5.41, 5.74) is 1.09. The fourth-order valence-corrected chi connectivity index (χ4v) is 5.67. The van der Waals surface area contributed by atoms with Crippen LogP contribution in [0.3, 0.4) is 0 Å². The van der Waals surface area contributed by atoms with Crippen LogP contribution >= 0.6 is 0 Å². The number of benzene rings is 1. The molecule has 2 rings (SSSR count). The molecule has 0 aromatic heterocycles. The lowest BCUT2D eigenvalue weighted by atomic mass is 9.53. The van der Waals surface area contributed by atoms with E-state index in [1.807, 2.05) is 25.1 Å². The smallest absolute Gasteiger partial charge is 0.191 e. The van der Waals surface area contributed by atoms with Gasteiger partial charge in [0.05, 0.1) is 12.2 Å². The Hall–Kier alpha value is -0.943. The van der Waals surface area contributed by atoms with Gasteiger partial charge in [0.1, 0.15) is 0 Å². The average molecular weight is 447 g/mol. The Balaban J connectivity index is 2.19. The summed E-state index contributed by atoms with van der Waals surface area (Å²) in [6, 6.07) is 10.3. The molecule has 1 aliphatic rings. The molecule has 0 spiro atoms. The Bertz CT molecular complexity index is 724. The molecule has 1 aromatic carbocycles. The second-order valence-corrected chi connectivity index (χ2v) is 16.4. The Morgan fingerprint density at radius 1 is 1.23 bits per heavy atom. The van der Waals surface area contributed by atoms with Crippen LogP contribution < -0.4 is 0 Å². The minimum Gasteiger partial charge on any atom is -0.416 e. The first-order chi connectivity index (χ1) is 14.2. The first kappa shape index (κ1) is 26.3. The lowest BCUT2D eigenvalue weighted by Crippen LogP contribution is -2.57. The van der Waals surface area contributed by atoms with E-state index in [4.69, 9.17) is 9.16 Å². The summed E-state index contributed by atoms with van der Waals surface area (Å²) in [6.07, 6.45) is 2.66. The normalized spacial score (nSPS) is 29.7. The maximum absolute atomic E-state index is 11.8. The molecule has 0 radical (unpaired) electrons. The van der Waals surface area contributed by atoms with Crippen molar-refractivity contribution < 1.29 is 14.3 Å². The molecule has 176 valence electrons. The Labute approximate surface area is 192 Å². The molecule has 3 nitrogen and oxygen atoms in total. The fourth-order valence-electron chi connectivity index (χ4n) is 4.65. The van der Waals surface area contributed by atoms with E-state index in [0.717, 1.165) is 24.8 Å². The van der Waals surface area contributed by atoms with E-state index in [1.165, 1.54) is 5.56 Å². The van der Waals surface area contributed by atoms with Gasteiger partial charge in [-0.15, -0.1) is 0 Å². The summed E-state index contributed by atoms with van der Waals surface area (Å²) in [4.78, 5) is 0. The zero-order valence-electron chi connectivity index (χ0n) is 21.3. The van der Waals surface area contributed by atoms with Gasteiger partial charge in [-0.1, -0.05) is 71.5 Å². The van der Waals surface area contributed by atoms with Gasteiger partial charge in [-0.25, -0.2) is 0 Å². The average Bonchev–Trinajstić information content (AvgIpc) is 2.68. The van der Waals surface area contributed by atoms with Crippen molar-refractivity contribution in [1.82, 2.24) is 0 Å². The van der Waals surface area contributed by atoms with E-state index >= 15 is 0 Å². The number of hydrogen-bond donors (Lipinski definition) is 1. The van der Waals surface area contributed by atoms with Crippen LogP contribution in [0.5, 0.6) is 0 Å². The lowest BCUT2D eigenvalue weighted by molar-refractivity contribution is -0.132. The molecule has 1 fully saturated rings. The molecule has 1 aromatic rings. The number of aliphatic hydroxyl groups is 1. The standard InChI is InChI=1S/C27H46O3Si/c1-21(2)27(28)16-15-22(3)26(7,17-18-29-19-23-13-11-10-12-14-23)24(27)20-30-31(8,9)25(4,5)6/h10-14,22,24,28H,1,15-20H2,2-9H3/t22-,24+,26+,27+/m0/s1. The summed E-state index contributed by atoms with van der Waals surface area (Å²) >= 11 is 0. The van der Waals surface area contributed by atoms with Crippen molar-refractivity contribution in [2.24, 2.45) is 17.3 Å². The minimum absolute atomic E-state index is 0.00991. The third-order valence-corrected chi connectivity index (χ3v) is 13.0. The van der Waals surface area contributed by atoms with Gasteiger partial charge < -0.3 is 14.3 Å². The molecule has 0 bridgehead atoms. The summed E-state index contributed by atoms with van der Waals surface area (Å²) < 4.78 is 12.8. The van der Waals surface area contributed by atoms with Crippen molar-refractivity contribution in [3.05, 3.63) is 48.0 Å². The molecule has 4 atom stereocenters. The number of ether oxygens (including phenoxy) is 1. The molecule has 4 heteroatoms. The van der Waals surface area contributed by atoms with Crippen molar-refractivity contribution in [3.63, 3.8) is 0 Å². The fraction of sp³-hybridized carbons (Fsp3) is 0.704. The predicted octanol–water partition coefficient (Wildman–Crippen LogP) is 6.97. The second kappa shape index (κ2) is 9.90. The maximum Gasteiger partial charge on any atom is 0.191 e. The van der Waals surface area contributed by atoms with Crippen LogP contribution in [0.2, 0.25) is 18.1 Å². The van der Waals surface area contributed by atoms with Gasteiger partial charge in [-0.3, -0.25) is 0 Å². The minimum atomic E-state index is -1.92. The van der Waals surface area contributed by atoms with Crippen LogP contribution in [0, 0.1) is 17.3 Å². The molecule has 0 amide bonds. The van der Waals surface area contributed by atoms with E-state index in [2.05, 4.69) is 66.4 Å². The third kappa shape index (κ3) is 5.90. The van der Waals surface area contributed by atoms with Crippen LogP contribution in [0.15, 0.2) is 42.5 Å². The largest absolute Gasteiger partial charge is 0.416 e. The Morgan fingerprint density at radius 2 is 1.84 bits per heavy atom. The number of hydrogen-bond acceptors (Lipinski definition) is 3. The zero-order chi connectivity index (χ0) is 23.5. The molecule has 1 saturated carbocycles. The van der Waals surface area contributed by atoms with Crippen LogP contribution in [0.4, 0.5) is 0 Å². The highest BCUT2D eigenvalue weighted by Crippen LogP contribution is 2.54. The monoisotopic (exact) mass is 446 g/mol. The van der Waals surface area contributed by atoms with Gasteiger partial charge in [0, 0.05) is 19.1 Å². The molecule has 1 N–H and O–H groups in total. The molecule has 0 aliphatic heterocycles. The van der Waals surface area contributed by atoms with Gasteiger partial charge in [-0.05, 0) is 66.8 Å². The second-order valence-electron chi connectivity index (χ2n) is 11.6. The van der Waals surface area contributed by atoms with E-state index in [-0.39, 0.29) is 16.4 Å². The van der Waals surface area contributed by atoms with Crippen LogP contribution in [-0.4, -0.2) is 32.2 Å². The van der Waals surface area contributed by atoms with Crippen molar-refractivity contribution in [1.29, 1.82) is 0 Å². The zero-order valence-corrected chi connectivity index (χ0v) is 22.3. The molecule has 31 heavy (non-hydrogen) atoms. The number of rotatable bonds is 9. The summed E-state index contributed by atoms with van der Waals surface area (Å²) in [5.74, 6) is 0.496. The molecule has 0 unspecified atom stereocenters. The van der Waals surface area contributed by atoms with E-state index in [0.29, 0.717) is 25.7 Å². The van der Waals surface area contributed by atoms with Crippen molar-refractivity contribution in [3.8, 4) is 0 Å². The summed E-state index contributed by atoms with van der Waals surface area (Å²) in [7, 11) is -1.92. The molecular formula is C27H46O3Si.